The van der Waals surface area contributed by atoms with Crippen LogP contribution in [0.5, 0.6) is 0 Å². The largest absolute Gasteiger partial charge is 0.383 e. The van der Waals surface area contributed by atoms with Crippen LogP contribution in [0.15, 0.2) is 48.0 Å². The Morgan fingerprint density at radius 2 is 2.04 bits per heavy atom. The lowest BCUT2D eigenvalue weighted by atomic mass is 10.0. The van der Waals surface area contributed by atoms with E-state index in [-0.39, 0.29) is 12.5 Å². The normalized spacial score (nSPS) is 12.0. The van der Waals surface area contributed by atoms with Gasteiger partial charge in [0.25, 0.3) is 0 Å². The molecule has 0 spiro atoms. The average Bonchev–Trinajstić information content (AvgIpc) is 3.10. The molecule has 26 heavy (non-hydrogen) atoms. The van der Waals surface area contributed by atoms with Gasteiger partial charge in [-0.15, -0.1) is 11.3 Å². The number of hydrogen-bond acceptors (Lipinski definition) is 6. The zero-order chi connectivity index (χ0) is 18.5. The van der Waals surface area contributed by atoms with Crippen molar-refractivity contribution in [3.8, 4) is 22.4 Å². The fourth-order valence-corrected chi connectivity index (χ4v) is 3.22. The zero-order valence-electron chi connectivity index (χ0n) is 14.6. The molecule has 0 aliphatic rings. The molecule has 3 N–H and O–H groups in total. The molecule has 0 saturated carbocycles. The Morgan fingerprint density at radius 1 is 1.27 bits per heavy atom. The number of benzene rings is 1. The van der Waals surface area contributed by atoms with Crippen LogP contribution in [0.2, 0.25) is 0 Å². The minimum Gasteiger partial charge on any atom is -0.383 e. The Bertz CT molecular complexity index is 910. The summed E-state index contributed by atoms with van der Waals surface area (Å²) < 4.78 is 4.89. The van der Waals surface area contributed by atoms with Crippen LogP contribution in [-0.2, 0) is 9.53 Å². The van der Waals surface area contributed by atoms with Crippen LogP contribution in [0.1, 0.15) is 5.69 Å². The number of hydrogen-bond donors (Lipinski definition) is 2. The number of nitrogens with two attached hydrogens (primary N) is 1. The van der Waals surface area contributed by atoms with Gasteiger partial charge in [0, 0.05) is 29.9 Å². The number of nitrogens with one attached hydrogen (secondary N) is 1. The van der Waals surface area contributed by atoms with Crippen LogP contribution in [0.3, 0.4) is 0 Å². The average molecular weight is 368 g/mol. The third-order valence-electron chi connectivity index (χ3n) is 3.81. The van der Waals surface area contributed by atoms with Crippen molar-refractivity contribution < 1.29 is 9.53 Å². The van der Waals surface area contributed by atoms with Gasteiger partial charge in [-0.1, -0.05) is 18.2 Å². The first-order chi connectivity index (χ1) is 12.6. The highest BCUT2D eigenvalue weighted by atomic mass is 32.1. The van der Waals surface area contributed by atoms with E-state index in [1.54, 1.807) is 6.20 Å². The Hall–Kier alpha value is -2.61. The maximum absolute atomic E-state index is 12.0. The molecule has 134 valence electrons. The van der Waals surface area contributed by atoms with Crippen LogP contribution in [0.4, 0.5) is 5.13 Å². The number of thiazole rings is 1. The molecule has 1 amide bonds. The molecule has 7 heteroatoms. The standard InChI is InChI=1S/C19H20N4O2S/c1-12-8-14(6-7-21-12)13-4-3-5-15(9-13)17-11-26-19(22-17)23-18(24)16(20)10-25-2/h3-9,11,16H,10,20H2,1-2H3,(H,22,23,24)/t16-/m0/s1. The third kappa shape index (κ3) is 4.32. The minimum atomic E-state index is -0.717. The monoisotopic (exact) mass is 368 g/mol. The predicted octanol–water partition coefficient (Wildman–Crippen LogP) is 3.09. The Kier molecular flexibility index (Phi) is 5.72. The second-order valence-corrected chi connectivity index (χ2v) is 6.71. The van der Waals surface area contributed by atoms with E-state index in [2.05, 4.69) is 27.4 Å². The summed E-state index contributed by atoms with van der Waals surface area (Å²) in [6, 6.07) is 11.4. The van der Waals surface area contributed by atoms with Crippen molar-refractivity contribution in [2.45, 2.75) is 13.0 Å². The van der Waals surface area contributed by atoms with Crippen molar-refractivity contribution in [2.75, 3.05) is 19.0 Å². The molecule has 0 radical (unpaired) electrons. The van der Waals surface area contributed by atoms with Gasteiger partial charge in [-0.05, 0) is 36.2 Å². The van der Waals surface area contributed by atoms with E-state index >= 15 is 0 Å². The first-order valence-electron chi connectivity index (χ1n) is 8.11. The summed E-state index contributed by atoms with van der Waals surface area (Å²) in [7, 11) is 1.51. The van der Waals surface area contributed by atoms with E-state index in [1.807, 2.05) is 36.6 Å². The number of aryl methyl sites for hydroxylation is 1. The zero-order valence-corrected chi connectivity index (χ0v) is 15.4. The molecule has 0 saturated heterocycles. The molecule has 3 rings (SSSR count). The number of amides is 1. The molecule has 2 aromatic heterocycles. The minimum absolute atomic E-state index is 0.164. The Morgan fingerprint density at radius 3 is 2.81 bits per heavy atom. The van der Waals surface area contributed by atoms with Gasteiger partial charge in [-0.2, -0.15) is 0 Å². The summed E-state index contributed by atoms with van der Waals surface area (Å²) in [6.07, 6.45) is 1.80. The fraction of sp³-hybridized carbons (Fsp3) is 0.211. The van der Waals surface area contributed by atoms with E-state index < -0.39 is 6.04 Å². The molecule has 2 heterocycles. The molecule has 1 aromatic carbocycles. The number of pyridine rings is 1. The van der Waals surface area contributed by atoms with Gasteiger partial charge in [0.1, 0.15) is 6.04 Å². The molecule has 0 aliphatic heterocycles. The maximum Gasteiger partial charge on any atom is 0.245 e. The number of carbonyl (C=O) groups is 1. The van der Waals surface area contributed by atoms with Crippen molar-refractivity contribution in [1.29, 1.82) is 0 Å². The third-order valence-corrected chi connectivity index (χ3v) is 4.56. The van der Waals surface area contributed by atoms with Gasteiger partial charge in [-0.3, -0.25) is 9.78 Å². The van der Waals surface area contributed by atoms with Crippen LogP contribution >= 0.6 is 11.3 Å². The molecular formula is C19H20N4O2S. The van der Waals surface area contributed by atoms with Crippen molar-refractivity contribution in [1.82, 2.24) is 9.97 Å². The lowest BCUT2D eigenvalue weighted by Crippen LogP contribution is -2.39. The number of rotatable bonds is 6. The van der Waals surface area contributed by atoms with Crippen LogP contribution < -0.4 is 11.1 Å². The van der Waals surface area contributed by atoms with Gasteiger partial charge in [0.2, 0.25) is 5.91 Å². The topological polar surface area (TPSA) is 90.1 Å². The summed E-state index contributed by atoms with van der Waals surface area (Å²) in [5, 5.41) is 5.15. The quantitative estimate of drug-likeness (QED) is 0.698. The molecular weight excluding hydrogens is 348 g/mol. The number of carbonyl (C=O) groups excluding carboxylic acids is 1. The van der Waals surface area contributed by atoms with Gasteiger partial charge in [0.15, 0.2) is 5.13 Å². The molecule has 0 unspecified atom stereocenters. The molecule has 0 bridgehead atoms. The number of ether oxygens (including phenoxy) is 1. The van der Waals surface area contributed by atoms with Crippen LogP contribution in [0.25, 0.3) is 22.4 Å². The SMILES string of the molecule is COC[C@H](N)C(=O)Nc1nc(-c2cccc(-c3ccnc(C)c3)c2)cs1. The summed E-state index contributed by atoms with van der Waals surface area (Å²) in [5.74, 6) is -0.311. The maximum atomic E-state index is 12.0. The second kappa shape index (κ2) is 8.18. The highest BCUT2D eigenvalue weighted by Crippen LogP contribution is 2.29. The number of nitrogens with zero attached hydrogens (tertiary/aromatic N) is 2. The van der Waals surface area contributed by atoms with E-state index in [0.717, 1.165) is 28.1 Å². The summed E-state index contributed by atoms with van der Waals surface area (Å²) >= 11 is 1.36. The van der Waals surface area contributed by atoms with E-state index in [4.69, 9.17) is 10.5 Å². The van der Waals surface area contributed by atoms with E-state index in [1.165, 1.54) is 18.4 Å². The number of anilines is 1. The Labute approximate surface area is 156 Å². The summed E-state index contributed by atoms with van der Waals surface area (Å²) in [6.45, 7) is 2.13. The van der Waals surface area contributed by atoms with Gasteiger partial charge < -0.3 is 15.8 Å². The van der Waals surface area contributed by atoms with E-state index in [0.29, 0.717) is 5.13 Å². The van der Waals surface area contributed by atoms with Crippen LogP contribution in [0, 0.1) is 6.92 Å². The lowest BCUT2D eigenvalue weighted by Gasteiger charge is -2.08. The first kappa shape index (κ1) is 18.2. The van der Waals surface area contributed by atoms with Crippen LogP contribution in [-0.4, -0.2) is 35.6 Å². The highest BCUT2D eigenvalue weighted by molar-refractivity contribution is 7.14. The predicted molar refractivity (Wildman–Crippen MR) is 104 cm³/mol. The summed E-state index contributed by atoms with van der Waals surface area (Å²) in [4.78, 5) is 20.7. The van der Waals surface area contributed by atoms with Crippen molar-refractivity contribution in [3.05, 3.63) is 53.7 Å². The van der Waals surface area contributed by atoms with Crippen molar-refractivity contribution in [2.24, 2.45) is 5.73 Å². The smallest absolute Gasteiger partial charge is 0.245 e. The van der Waals surface area contributed by atoms with Gasteiger partial charge in [-0.25, -0.2) is 4.98 Å². The van der Waals surface area contributed by atoms with Crippen molar-refractivity contribution >= 4 is 22.4 Å². The van der Waals surface area contributed by atoms with Gasteiger partial charge in [0.05, 0.1) is 12.3 Å². The van der Waals surface area contributed by atoms with E-state index in [9.17, 15) is 4.79 Å². The highest BCUT2D eigenvalue weighted by Gasteiger charge is 2.15. The molecule has 6 nitrogen and oxygen atoms in total. The molecule has 0 aliphatic carbocycles. The first-order valence-corrected chi connectivity index (χ1v) is 8.99. The number of methoxy groups -OCH3 is 1. The lowest BCUT2D eigenvalue weighted by molar-refractivity contribution is -0.118. The Balaban J connectivity index is 1.79. The molecule has 0 fully saturated rings. The van der Waals surface area contributed by atoms with Gasteiger partial charge >= 0.3 is 0 Å². The summed E-state index contributed by atoms with van der Waals surface area (Å²) in [5.41, 5.74) is 10.7. The molecule has 1 atom stereocenters. The molecule has 3 aromatic rings. The van der Waals surface area contributed by atoms with Crippen molar-refractivity contribution in [3.63, 3.8) is 0 Å². The fourth-order valence-electron chi connectivity index (χ4n) is 2.50. The number of aromatic nitrogens is 2. The second-order valence-electron chi connectivity index (χ2n) is 5.86.